The number of nitrogens with zero attached hydrogens (tertiary/aromatic N) is 4. The Morgan fingerprint density at radius 3 is 1.54 bits per heavy atom. The van der Waals surface area contributed by atoms with Gasteiger partial charge in [-0.2, -0.15) is 0 Å². The van der Waals surface area contributed by atoms with Crippen LogP contribution in [0.1, 0.15) is 0 Å². The highest BCUT2D eigenvalue weighted by Crippen LogP contribution is 2.41. The van der Waals surface area contributed by atoms with Crippen molar-refractivity contribution in [2.24, 2.45) is 0 Å². The number of fused-ring (bicyclic) bond motifs is 9. The smallest absolute Gasteiger partial charge is 0.164 e. The van der Waals surface area contributed by atoms with Crippen molar-refractivity contribution in [1.29, 1.82) is 0 Å². The van der Waals surface area contributed by atoms with Crippen LogP contribution in [0.3, 0.4) is 0 Å². The first-order valence-electron chi connectivity index (χ1n) is 19.0. The van der Waals surface area contributed by atoms with Gasteiger partial charge in [0.2, 0.25) is 0 Å². The first kappa shape index (κ1) is 31.5. The number of rotatable bonds is 5. The van der Waals surface area contributed by atoms with Gasteiger partial charge in [-0.15, -0.1) is 0 Å². The maximum Gasteiger partial charge on any atom is 0.164 e. The summed E-state index contributed by atoms with van der Waals surface area (Å²) in [6, 6.07) is 62.6. The van der Waals surface area contributed by atoms with Crippen LogP contribution in [0, 0.1) is 0 Å². The molecule has 266 valence electrons. The lowest BCUT2D eigenvalue weighted by molar-refractivity contribution is 0.668. The molecular formula is C51H30N4O2. The standard InChI is InChI=1S/C51H30N4O2/c1-3-13-31(14-4-1)35-19-11-23-43-47(35)38-27-25-33(29-45(38)56-43)50-52-49(32-15-5-2-6-16-32)53-51(54-50)40-20-12-24-44-48(40)39-28-26-34(30-46(39)57-44)55-41-21-9-7-17-36(41)37-18-8-10-22-42(37)55/h1-30H. The molecule has 6 heteroatoms. The summed E-state index contributed by atoms with van der Waals surface area (Å²) in [4.78, 5) is 15.3. The van der Waals surface area contributed by atoms with Gasteiger partial charge in [-0.1, -0.05) is 127 Å². The van der Waals surface area contributed by atoms with Crippen LogP contribution in [0.4, 0.5) is 0 Å². The number of benzene rings is 8. The van der Waals surface area contributed by atoms with Crippen LogP contribution in [0.2, 0.25) is 0 Å². The molecule has 0 N–H and O–H groups in total. The van der Waals surface area contributed by atoms with Crippen molar-refractivity contribution in [2.45, 2.75) is 0 Å². The van der Waals surface area contributed by atoms with Gasteiger partial charge in [0.15, 0.2) is 17.5 Å². The second-order valence-electron chi connectivity index (χ2n) is 14.4. The molecule has 0 aliphatic rings. The first-order valence-corrected chi connectivity index (χ1v) is 19.0. The summed E-state index contributed by atoms with van der Waals surface area (Å²) in [5, 5.41) is 6.52. The maximum atomic E-state index is 6.63. The zero-order valence-electron chi connectivity index (χ0n) is 30.4. The van der Waals surface area contributed by atoms with Crippen LogP contribution in [0.25, 0.3) is 117 Å². The predicted molar refractivity (Wildman–Crippen MR) is 230 cm³/mol. The Morgan fingerprint density at radius 1 is 0.333 bits per heavy atom. The minimum Gasteiger partial charge on any atom is -0.456 e. The van der Waals surface area contributed by atoms with Crippen molar-refractivity contribution in [1.82, 2.24) is 19.5 Å². The third-order valence-electron chi connectivity index (χ3n) is 11.1. The Kier molecular flexibility index (Phi) is 6.83. The zero-order valence-corrected chi connectivity index (χ0v) is 30.4. The van der Waals surface area contributed by atoms with Gasteiger partial charge in [0.1, 0.15) is 22.3 Å². The van der Waals surface area contributed by atoms with Gasteiger partial charge in [-0.3, -0.25) is 0 Å². The van der Waals surface area contributed by atoms with Gasteiger partial charge in [-0.05, 0) is 59.7 Å². The van der Waals surface area contributed by atoms with E-state index in [1.165, 1.54) is 10.8 Å². The Labute approximate surface area is 325 Å². The minimum absolute atomic E-state index is 0.558. The van der Waals surface area contributed by atoms with Crippen molar-refractivity contribution < 1.29 is 8.83 Å². The molecule has 0 saturated heterocycles. The molecule has 0 saturated carbocycles. The largest absolute Gasteiger partial charge is 0.456 e. The highest BCUT2D eigenvalue weighted by atomic mass is 16.3. The van der Waals surface area contributed by atoms with Crippen LogP contribution in [-0.2, 0) is 0 Å². The van der Waals surface area contributed by atoms with Gasteiger partial charge >= 0.3 is 0 Å². The second kappa shape index (κ2) is 12.3. The van der Waals surface area contributed by atoms with E-state index in [-0.39, 0.29) is 0 Å². The summed E-state index contributed by atoms with van der Waals surface area (Å²) in [6.45, 7) is 0. The molecule has 0 atom stereocenters. The predicted octanol–water partition coefficient (Wildman–Crippen LogP) is 13.4. The summed E-state index contributed by atoms with van der Waals surface area (Å²) in [5.41, 5.74) is 11.4. The molecule has 0 bridgehead atoms. The van der Waals surface area contributed by atoms with E-state index in [1.807, 2.05) is 66.7 Å². The van der Waals surface area contributed by atoms with Crippen molar-refractivity contribution in [3.63, 3.8) is 0 Å². The minimum atomic E-state index is 0.558. The highest BCUT2D eigenvalue weighted by molar-refractivity contribution is 6.14. The third kappa shape index (κ3) is 4.94. The van der Waals surface area contributed by atoms with E-state index < -0.39 is 0 Å². The molecule has 12 aromatic rings. The van der Waals surface area contributed by atoms with E-state index in [1.54, 1.807) is 0 Å². The number of furan rings is 2. The highest BCUT2D eigenvalue weighted by Gasteiger charge is 2.20. The van der Waals surface area contributed by atoms with E-state index in [0.29, 0.717) is 17.5 Å². The van der Waals surface area contributed by atoms with Gasteiger partial charge in [0, 0.05) is 60.8 Å². The maximum absolute atomic E-state index is 6.63. The summed E-state index contributed by atoms with van der Waals surface area (Å²) < 4.78 is 15.4. The second-order valence-corrected chi connectivity index (χ2v) is 14.4. The zero-order chi connectivity index (χ0) is 37.5. The molecule has 4 heterocycles. The lowest BCUT2D eigenvalue weighted by atomic mass is 9.99. The van der Waals surface area contributed by atoms with Gasteiger partial charge in [-0.25, -0.2) is 15.0 Å². The average molecular weight is 731 g/mol. The van der Waals surface area contributed by atoms with Crippen LogP contribution in [0.15, 0.2) is 191 Å². The molecular weight excluding hydrogens is 701 g/mol. The molecule has 0 spiro atoms. The molecule has 0 unspecified atom stereocenters. The SMILES string of the molecule is c1ccc(-c2nc(-c3ccc4c(c3)oc3cccc(-c5ccccc5)c34)nc(-c3cccc4oc5cc(-n6c7ccccc7c7ccccc76)ccc5c34)n2)cc1. The molecule has 0 amide bonds. The van der Waals surface area contributed by atoms with Gasteiger partial charge in [0.25, 0.3) is 0 Å². The Balaban J connectivity index is 1.03. The van der Waals surface area contributed by atoms with E-state index in [2.05, 4.69) is 120 Å². The Morgan fingerprint density at radius 2 is 0.860 bits per heavy atom. The lowest BCUT2D eigenvalue weighted by Gasteiger charge is -2.10. The van der Waals surface area contributed by atoms with E-state index >= 15 is 0 Å². The Hall–Kier alpha value is -7.83. The lowest BCUT2D eigenvalue weighted by Crippen LogP contribution is -2.00. The van der Waals surface area contributed by atoms with Crippen LogP contribution < -0.4 is 0 Å². The van der Waals surface area contributed by atoms with Crippen molar-refractivity contribution in [3.8, 4) is 51.0 Å². The van der Waals surface area contributed by atoms with E-state index in [9.17, 15) is 0 Å². The van der Waals surface area contributed by atoms with E-state index in [0.717, 1.165) is 88.4 Å². The van der Waals surface area contributed by atoms with Crippen molar-refractivity contribution in [2.75, 3.05) is 0 Å². The molecule has 6 nitrogen and oxygen atoms in total. The topological polar surface area (TPSA) is 69.9 Å². The fourth-order valence-corrected chi connectivity index (χ4v) is 8.51. The monoisotopic (exact) mass is 730 g/mol. The van der Waals surface area contributed by atoms with Gasteiger partial charge < -0.3 is 13.4 Å². The average Bonchev–Trinajstić information content (AvgIpc) is 3.96. The molecule has 57 heavy (non-hydrogen) atoms. The number of aromatic nitrogens is 4. The number of para-hydroxylation sites is 2. The van der Waals surface area contributed by atoms with E-state index in [4.69, 9.17) is 23.8 Å². The normalized spacial score (nSPS) is 11.9. The third-order valence-corrected chi connectivity index (χ3v) is 11.1. The number of hydrogen-bond donors (Lipinski definition) is 0. The van der Waals surface area contributed by atoms with Gasteiger partial charge in [0.05, 0.1) is 11.0 Å². The summed E-state index contributed by atoms with van der Waals surface area (Å²) >= 11 is 0. The number of hydrogen-bond acceptors (Lipinski definition) is 5. The molecule has 12 rings (SSSR count). The van der Waals surface area contributed by atoms with Crippen LogP contribution in [-0.4, -0.2) is 19.5 Å². The molecule has 0 radical (unpaired) electrons. The van der Waals surface area contributed by atoms with Crippen molar-refractivity contribution >= 4 is 65.7 Å². The molecule has 0 fully saturated rings. The van der Waals surface area contributed by atoms with Crippen LogP contribution >= 0.6 is 0 Å². The summed E-state index contributed by atoms with van der Waals surface area (Å²) in [5.74, 6) is 1.71. The Bertz CT molecular complexity index is 3470. The summed E-state index contributed by atoms with van der Waals surface area (Å²) in [6.07, 6.45) is 0. The molecule has 8 aromatic carbocycles. The quantitative estimate of drug-likeness (QED) is 0.176. The molecule has 0 aliphatic carbocycles. The first-order chi connectivity index (χ1) is 28.2. The summed E-state index contributed by atoms with van der Waals surface area (Å²) in [7, 11) is 0. The van der Waals surface area contributed by atoms with Crippen LogP contribution in [0.5, 0.6) is 0 Å². The molecule has 4 aromatic heterocycles. The van der Waals surface area contributed by atoms with Crippen molar-refractivity contribution in [3.05, 3.63) is 182 Å². The fraction of sp³-hybridized carbons (Fsp3) is 0. The fourth-order valence-electron chi connectivity index (χ4n) is 8.51. The molecule has 0 aliphatic heterocycles.